The van der Waals surface area contributed by atoms with Crippen molar-refractivity contribution in [2.75, 3.05) is 19.6 Å². The average Bonchev–Trinajstić information content (AvgIpc) is 2.99. The quantitative estimate of drug-likeness (QED) is 0.812. The molecule has 1 aliphatic rings. The summed E-state index contributed by atoms with van der Waals surface area (Å²) in [5.74, 6) is 1.76. The summed E-state index contributed by atoms with van der Waals surface area (Å²) in [5, 5.41) is 7.85. The molecule has 0 amide bonds. The fourth-order valence-electron chi connectivity index (χ4n) is 2.82. The van der Waals surface area contributed by atoms with Crippen LogP contribution in [0.5, 0.6) is 0 Å². The van der Waals surface area contributed by atoms with E-state index in [4.69, 9.17) is 0 Å². The van der Waals surface area contributed by atoms with Crippen molar-refractivity contribution in [3.63, 3.8) is 0 Å². The summed E-state index contributed by atoms with van der Waals surface area (Å²) >= 11 is 0. The van der Waals surface area contributed by atoms with Crippen LogP contribution >= 0.6 is 0 Å². The maximum absolute atomic E-state index is 4.40. The van der Waals surface area contributed by atoms with Crippen LogP contribution in [0.3, 0.4) is 0 Å². The zero-order valence-corrected chi connectivity index (χ0v) is 12.5. The fourth-order valence-corrected chi connectivity index (χ4v) is 2.82. The Morgan fingerprint density at radius 1 is 1.53 bits per heavy atom. The number of aryl methyl sites for hydroxylation is 1. The van der Waals surface area contributed by atoms with E-state index >= 15 is 0 Å². The molecule has 0 radical (unpaired) electrons. The van der Waals surface area contributed by atoms with E-state index in [9.17, 15) is 0 Å². The highest BCUT2D eigenvalue weighted by Crippen LogP contribution is 2.11. The molecule has 1 fully saturated rings. The number of rotatable bonds is 7. The van der Waals surface area contributed by atoms with Crippen LogP contribution in [0.25, 0.3) is 0 Å². The molecule has 1 N–H and O–H groups in total. The summed E-state index contributed by atoms with van der Waals surface area (Å²) in [5.41, 5.74) is 0. The summed E-state index contributed by atoms with van der Waals surface area (Å²) in [6.45, 7) is 11.9. The summed E-state index contributed by atoms with van der Waals surface area (Å²) in [4.78, 5) is 6.92. The van der Waals surface area contributed by atoms with Crippen LogP contribution in [-0.2, 0) is 13.1 Å². The van der Waals surface area contributed by atoms with Gasteiger partial charge in [0, 0.05) is 25.7 Å². The van der Waals surface area contributed by atoms with E-state index in [1.807, 2.05) is 4.68 Å². The minimum absolute atomic E-state index is 0.650. The van der Waals surface area contributed by atoms with Crippen LogP contribution in [0.1, 0.15) is 39.4 Å². The molecule has 1 aromatic rings. The monoisotopic (exact) mass is 265 g/mol. The lowest BCUT2D eigenvalue weighted by atomic mass is 10.1. The van der Waals surface area contributed by atoms with E-state index in [2.05, 4.69) is 41.1 Å². The molecule has 1 aromatic heterocycles. The molecule has 5 nitrogen and oxygen atoms in total. The molecule has 0 spiro atoms. The normalized spacial score (nSPS) is 19.7. The van der Waals surface area contributed by atoms with E-state index in [0.717, 1.165) is 32.0 Å². The van der Waals surface area contributed by atoms with Crippen molar-refractivity contribution in [2.24, 2.45) is 5.92 Å². The van der Waals surface area contributed by atoms with Crippen molar-refractivity contribution >= 4 is 0 Å². The van der Waals surface area contributed by atoms with Crippen molar-refractivity contribution in [1.82, 2.24) is 25.0 Å². The molecule has 2 rings (SSSR count). The lowest BCUT2D eigenvalue weighted by Gasteiger charge is -2.26. The third kappa shape index (κ3) is 4.28. The molecule has 0 saturated carbocycles. The lowest BCUT2D eigenvalue weighted by molar-refractivity contribution is 0.208. The highest BCUT2D eigenvalue weighted by atomic mass is 15.3. The van der Waals surface area contributed by atoms with E-state index in [1.54, 1.807) is 6.33 Å². The number of aromatic nitrogens is 3. The van der Waals surface area contributed by atoms with Gasteiger partial charge in [-0.15, -0.1) is 0 Å². The molecule has 1 atom stereocenters. The molecule has 108 valence electrons. The molecule has 2 heterocycles. The summed E-state index contributed by atoms with van der Waals surface area (Å²) in [6.07, 6.45) is 4.28. The van der Waals surface area contributed by atoms with Crippen molar-refractivity contribution in [2.45, 2.75) is 52.7 Å². The van der Waals surface area contributed by atoms with Crippen molar-refractivity contribution in [1.29, 1.82) is 0 Å². The van der Waals surface area contributed by atoms with Gasteiger partial charge in [-0.3, -0.25) is 4.90 Å². The summed E-state index contributed by atoms with van der Waals surface area (Å²) in [6, 6.07) is 0.650. The molecular formula is C14H27N5. The van der Waals surface area contributed by atoms with Crippen LogP contribution in [0.15, 0.2) is 6.33 Å². The third-order valence-corrected chi connectivity index (χ3v) is 3.62. The molecule has 0 aromatic carbocycles. The summed E-state index contributed by atoms with van der Waals surface area (Å²) < 4.78 is 2.00. The Kier molecular flexibility index (Phi) is 5.34. The van der Waals surface area contributed by atoms with Crippen LogP contribution < -0.4 is 5.32 Å². The zero-order chi connectivity index (χ0) is 13.7. The molecule has 1 unspecified atom stereocenters. The van der Waals surface area contributed by atoms with Gasteiger partial charge in [-0.05, 0) is 32.2 Å². The lowest BCUT2D eigenvalue weighted by Crippen LogP contribution is -2.39. The van der Waals surface area contributed by atoms with Gasteiger partial charge in [0.05, 0.1) is 6.54 Å². The van der Waals surface area contributed by atoms with E-state index in [1.165, 1.54) is 19.4 Å². The number of hydrogen-bond donors (Lipinski definition) is 1. The Morgan fingerprint density at radius 2 is 2.37 bits per heavy atom. The molecular weight excluding hydrogens is 238 g/mol. The predicted octanol–water partition coefficient (Wildman–Crippen LogP) is 1.51. The van der Waals surface area contributed by atoms with Gasteiger partial charge in [0.2, 0.25) is 0 Å². The topological polar surface area (TPSA) is 46.0 Å². The van der Waals surface area contributed by atoms with Crippen molar-refractivity contribution in [3.8, 4) is 0 Å². The Morgan fingerprint density at radius 3 is 3.00 bits per heavy atom. The van der Waals surface area contributed by atoms with Gasteiger partial charge < -0.3 is 5.32 Å². The standard InChI is InChI=1S/C14H27N5/c1-4-19-14(16-11-17-19)10-18(8-12(2)3)9-13-6-5-7-15-13/h11-13,15H,4-10H2,1-3H3. The van der Waals surface area contributed by atoms with Crippen molar-refractivity contribution < 1.29 is 0 Å². The first kappa shape index (κ1) is 14.5. The second-order valence-electron chi connectivity index (χ2n) is 5.87. The van der Waals surface area contributed by atoms with E-state index in [0.29, 0.717) is 12.0 Å². The molecule has 1 saturated heterocycles. The minimum Gasteiger partial charge on any atom is -0.313 e. The van der Waals surface area contributed by atoms with E-state index < -0.39 is 0 Å². The molecule has 1 aliphatic heterocycles. The Balaban J connectivity index is 1.96. The second-order valence-corrected chi connectivity index (χ2v) is 5.87. The van der Waals surface area contributed by atoms with Crippen LogP contribution in [-0.4, -0.2) is 45.3 Å². The first-order valence-corrected chi connectivity index (χ1v) is 7.51. The first-order valence-electron chi connectivity index (χ1n) is 7.51. The average molecular weight is 265 g/mol. The molecule has 19 heavy (non-hydrogen) atoms. The van der Waals surface area contributed by atoms with E-state index in [-0.39, 0.29) is 0 Å². The zero-order valence-electron chi connectivity index (χ0n) is 12.5. The third-order valence-electron chi connectivity index (χ3n) is 3.62. The number of nitrogens with one attached hydrogen (secondary N) is 1. The largest absolute Gasteiger partial charge is 0.313 e. The van der Waals surface area contributed by atoms with Crippen LogP contribution in [0.2, 0.25) is 0 Å². The SMILES string of the molecule is CCn1ncnc1CN(CC(C)C)CC1CCCN1. The number of hydrogen-bond acceptors (Lipinski definition) is 4. The second kappa shape index (κ2) is 7.01. The molecule has 0 aliphatic carbocycles. The van der Waals surface area contributed by atoms with Gasteiger partial charge in [-0.1, -0.05) is 13.8 Å². The fraction of sp³-hybridized carbons (Fsp3) is 0.857. The van der Waals surface area contributed by atoms with Gasteiger partial charge in [0.25, 0.3) is 0 Å². The van der Waals surface area contributed by atoms with Crippen molar-refractivity contribution in [3.05, 3.63) is 12.2 Å². The highest BCUT2D eigenvalue weighted by Gasteiger charge is 2.20. The highest BCUT2D eigenvalue weighted by molar-refractivity contribution is 4.87. The Hall–Kier alpha value is -0.940. The molecule has 5 heteroatoms. The van der Waals surface area contributed by atoms with Gasteiger partial charge in [0.1, 0.15) is 12.2 Å². The smallest absolute Gasteiger partial charge is 0.140 e. The van der Waals surface area contributed by atoms with Gasteiger partial charge in [-0.25, -0.2) is 9.67 Å². The maximum atomic E-state index is 4.40. The predicted molar refractivity (Wildman–Crippen MR) is 76.8 cm³/mol. The minimum atomic E-state index is 0.650. The van der Waals surface area contributed by atoms with Gasteiger partial charge in [-0.2, -0.15) is 5.10 Å². The van der Waals surface area contributed by atoms with Crippen LogP contribution in [0.4, 0.5) is 0 Å². The number of nitrogens with zero attached hydrogens (tertiary/aromatic N) is 4. The first-order chi connectivity index (χ1) is 9.19. The molecule has 0 bridgehead atoms. The maximum Gasteiger partial charge on any atom is 0.140 e. The van der Waals surface area contributed by atoms with Gasteiger partial charge >= 0.3 is 0 Å². The Labute approximate surface area is 116 Å². The van der Waals surface area contributed by atoms with Gasteiger partial charge in [0.15, 0.2) is 0 Å². The summed E-state index contributed by atoms with van der Waals surface area (Å²) in [7, 11) is 0. The van der Waals surface area contributed by atoms with Crippen LogP contribution in [0, 0.1) is 5.92 Å². The Bertz CT molecular complexity index is 368.